The Balaban J connectivity index is 2.26. The summed E-state index contributed by atoms with van der Waals surface area (Å²) in [6.45, 7) is 5.75. The van der Waals surface area contributed by atoms with E-state index in [4.69, 9.17) is 22.9 Å². The summed E-state index contributed by atoms with van der Waals surface area (Å²) in [4.78, 5) is 160. The number of carbonyl (C=O) groups is 12. The lowest BCUT2D eigenvalue weighted by Crippen LogP contribution is -2.61. The zero-order valence-electron chi connectivity index (χ0n) is 45.2. The Kier molecular flexibility index (Phi) is 29.1. The Morgan fingerprint density at radius 2 is 1.08 bits per heavy atom. The van der Waals surface area contributed by atoms with Crippen molar-refractivity contribution < 1.29 is 72.9 Å². The van der Waals surface area contributed by atoms with E-state index < -0.39 is 170 Å². The highest BCUT2D eigenvalue weighted by atomic mass is 16.4. The van der Waals surface area contributed by atoms with Crippen LogP contribution in [0.15, 0.2) is 30.5 Å². The number of carbonyl (C=O) groups excluding carboxylic acids is 11. The molecule has 0 fully saturated rings. The number of primary amides is 2. The average molecular weight is 1120 g/mol. The van der Waals surface area contributed by atoms with Crippen LogP contribution in [0.1, 0.15) is 98.0 Å². The Morgan fingerprint density at radius 3 is 1.58 bits per heavy atom. The molecule has 0 saturated carbocycles. The molecule has 2 rings (SSSR count). The second kappa shape index (κ2) is 34.2. The molecule has 1 aromatic heterocycles. The second-order valence-electron chi connectivity index (χ2n) is 19.5. The SMILES string of the molecule is CC[C@H](C)[C@H](NC(=O)[C@H](Cc1c[nH]c2ccccc12)NC(=O)[C@H](CO)NC(=O)[C@H](CO)NC(=O)[C@H](CCC(N)=O)NC(=O)[C@H](C)NC(=O)[C@H](CCC(N)=O)NC(=O)[C@H](CCCCN)NC(=O)CNC(=O)[C@@H](N)CC(C)C)C(=O)O. The number of aromatic nitrogens is 1. The number of H-pyrrole nitrogens is 1. The minimum Gasteiger partial charge on any atom is -0.480 e. The summed E-state index contributed by atoms with van der Waals surface area (Å²) in [5.41, 5.74) is 23.4. The van der Waals surface area contributed by atoms with Crippen LogP contribution in [-0.4, -0.2) is 172 Å². The standard InChI is InChI=1S/C50H80N14O15/c1-6-26(4)41(50(78)79)64-47(75)35(20-28-21-55-31-12-8-7-11-29(28)31)61-48(76)36(23-65)63-49(77)37(24-66)62-46(74)34(15-17-39(54)68)59-42(70)27(5)57-44(72)33(14-16-38(53)67)60-45(73)32(13-9-10-18-51)58-40(69)22-56-43(71)30(52)19-25(2)3/h7-8,11-12,21,25-27,30,32-37,41,55,65-66H,6,9-10,13-20,22-24,51-52H2,1-5H3,(H2,53,67)(H2,54,68)(H,56,71)(H,57,72)(H,58,69)(H,59,70)(H,60,73)(H,61,76)(H,62,74)(H,63,77)(H,64,75)(H,78,79)/t26-,27-,30-,32-,33-,34-,35-,36-,37-,41-/m0/s1. The van der Waals surface area contributed by atoms with Crippen LogP contribution in [0.3, 0.4) is 0 Å². The summed E-state index contributed by atoms with van der Waals surface area (Å²) in [6, 6.07) is -6.40. The Bertz CT molecular complexity index is 2440. The number of benzene rings is 1. The van der Waals surface area contributed by atoms with E-state index in [-0.39, 0.29) is 31.7 Å². The maximum absolute atomic E-state index is 13.7. The molecule has 2 aromatic rings. The summed E-state index contributed by atoms with van der Waals surface area (Å²) < 4.78 is 0. The predicted octanol–water partition coefficient (Wildman–Crippen LogP) is -5.13. The van der Waals surface area contributed by atoms with Crippen LogP contribution in [0.2, 0.25) is 0 Å². The van der Waals surface area contributed by atoms with E-state index in [0.717, 1.165) is 0 Å². The van der Waals surface area contributed by atoms with E-state index in [0.29, 0.717) is 42.1 Å². The number of hydrogen-bond acceptors (Lipinski definition) is 16. The van der Waals surface area contributed by atoms with E-state index in [1.54, 1.807) is 44.3 Å². The maximum Gasteiger partial charge on any atom is 0.326 e. The van der Waals surface area contributed by atoms with E-state index in [1.807, 2.05) is 13.8 Å². The quantitative estimate of drug-likeness (QED) is 0.0281. The highest BCUT2D eigenvalue weighted by Crippen LogP contribution is 2.20. The van der Waals surface area contributed by atoms with Crippen molar-refractivity contribution in [3.63, 3.8) is 0 Å². The van der Waals surface area contributed by atoms with Gasteiger partial charge in [0.25, 0.3) is 0 Å². The van der Waals surface area contributed by atoms with Gasteiger partial charge in [0.2, 0.25) is 65.0 Å². The van der Waals surface area contributed by atoms with Gasteiger partial charge in [-0.25, -0.2) is 4.79 Å². The number of aliphatic hydroxyl groups excluding tert-OH is 2. The number of aliphatic carboxylic acids is 1. The summed E-state index contributed by atoms with van der Waals surface area (Å²) >= 11 is 0. The number of aromatic amines is 1. The number of nitrogens with one attached hydrogen (secondary N) is 10. The fourth-order valence-corrected chi connectivity index (χ4v) is 7.85. The van der Waals surface area contributed by atoms with Crippen molar-refractivity contribution in [3.8, 4) is 0 Å². The van der Waals surface area contributed by atoms with Crippen LogP contribution in [0, 0.1) is 11.8 Å². The number of nitrogens with two attached hydrogens (primary N) is 4. The minimum absolute atomic E-state index is 0.0354. The van der Waals surface area contributed by atoms with Gasteiger partial charge in [0.15, 0.2) is 0 Å². The summed E-state index contributed by atoms with van der Waals surface area (Å²) in [7, 11) is 0. The molecule has 21 N–H and O–H groups in total. The topological polar surface area (TPSA) is 494 Å². The first kappa shape index (κ1) is 67.3. The lowest BCUT2D eigenvalue weighted by atomic mass is 9.98. The predicted molar refractivity (Wildman–Crippen MR) is 285 cm³/mol. The van der Waals surface area contributed by atoms with Gasteiger partial charge in [0.1, 0.15) is 48.3 Å². The Hall–Kier alpha value is -7.76. The number of rotatable bonds is 37. The third-order valence-electron chi connectivity index (χ3n) is 12.6. The van der Waals surface area contributed by atoms with Crippen LogP contribution >= 0.6 is 0 Å². The highest BCUT2D eigenvalue weighted by Gasteiger charge is 2.35. The minimum atomic E-state index is -1.89. The number of carboxylic acid groups (broad SMARTS) is 1. The molecule has 0 unspecified atom stereocenters. The number of aliphatic hydroxyl groups is 2. The molecule has 0 radical (unpaired) electrons. The molecule has 440 valence electrons. The molecule has 0 saturated heterocycles. The van der Waals surface area contributed by atoms with Crippen molar-refractivity contribution in [2.45, 2.75) is 153 Å². The van der Waals surface area contributed by atoms with Gasteiger partial charge >= 0.3 is 5.97 Å². The smallest absolute Gasteiger partial charge is 0.326 e. The summed E-state index contributed by atoms with van der Waals surface area (Å²) in [6.07, 6.45) is 1.16. The van der Waals surface area contributed by atoms with Gasteiger partial charge in [0, 0.05) is 36.4 Å². The molecule has 0 aliphatic carbocycles. The van der Waals surface area contributed by atoms with E-state index in [9.17, 15) is 72.9 Å². The van der Waals surface area contributed by atoms with Crippen molar-refractivity contribution in [2.75, 3.05) is 26.3 Å². The van der Waals surface area contributed by atoms with E-state index in [2.05, 4.69) is 52.8 Å². The first-order valence-electron chi connectivity index (χ1n) is 26.0. The largest absolute Gasteiger partial charge is 0.480 e. The van der Waals surface area contributed by atoms with Crippen molar-refractivity contribution in [1.82, 2.24) is 52.8 Å². The van der Waals surface area contributed by atoms with Crippen molar-refractivity contribution in [2.24, 2.45) is 34.8 Å². The highest BCUT2D eigenvalue weighted by molar-refractivity contribution is 5.99. The molecule has 0 aliphatic rings. The van der Waals surface area contributed by atoms with Crippen molar-refractivity contribution in [3.05, 3.63) is 36.0 Å². The van der Waals surface area contributed by atoms with Gasteiger partial charge in [-0.15, -0.1) is 0 Å². The molecule has 29 heteroatoms. The number of unbranched alkanes of at least 4 members (excludes halogenated alkanes) is 1. The van der Waals surface area contributed by atoms with Crippen LogP contribution in [-0.2, 0) is 64.0 Å². The monoisotopic (exact) mass is 1120 g/mol. The number of carboxylic acids is 1. The van der Waals surface area contributed by atoms with Gasteiger partial charge in [0.05, 0.1) is 25.8 Å². The molecule has 0 spiro atoms. The Morgan fingerprint density at radius 1 is 0.595 bits per heavy atom. The zero-order chi connectivity index (χ0) is 59.5. The molecular formula is C50H80N14O15. The summed E-state index contributed by atoms with van der Waals surface area (Å²) in [5, 5.41) is 52.4. The van der Waals surface area contributed by atoms with Crippen LogP contribution in [0.4, 0.5) is 0 Å². The van der Waals surface area contributed by atoms with Crippen molar-refractivity contribution >= 4 is 81.9 Å². The number of hydrogen-bond donors (Lipinski definition) is 17. The van der Waals surface area contributed by atoms with Gasteiger partial charge in [-0.2, -0.15) is 0 Å². The molecular weight excluding hydrogens is 1040 g/mol. The average Bonchev–Trinajstić information content (AvgIpc) is 3.81. The summed E-state index contributed by atoms with van der Waals surface area (Å²) in [5.74, 6) is -12.3. The normalized spacial score (nSPS) is 15.0. The van der Waals surface area contributed by atoms with Gasteiger partial charge in [-0.05, 0) is 75.5 Å². The number of amides is 11. The molecule has 79 heavy (non-hydrogen) atoms. The molecule has 1 heterocycles. The molecule has 1 aromatic carbocycles. The maximum atomic E-state index is 13.7. The molecule has 0 bridgehead atoms. The first-order chi connectivity index (χ1) is 37.3. The van der Waals surface area contributed by atoms with Crippen LogP contribution in [0.5, 0.6) is 0 Å². The van der Waals surface area contributed by atoms with Gasteiger partial charge in [-0.1, -0.05) is 52.3 Å². The zero-order valence-corrected chi connectivity index (χ0v) is 45.2. The molecule has 0 aliphatic heterocycles. The van der Waals surface area contributed by atoms with Crippen LogP contribution < -0.4 is 70.8 Å². The third kappa shape index (κ3) is 23.4. The first-order valence-corrected chi connectivity index (χ1v) is 26.0. The number of para-hydroxylation sites is 1. The fourth-order valence-electron chi connectivity index (χ4n) is 7.85. The fraction of sp³-hybridized carbons (Fsp3) is 0.600. The molecule has 29 nitrogen and oxygen atoms in total. The molecule has 11 amide bonds. The van der Waals surface area contributed by atoms with Gasteiger partial charge in [-0.3, -0.25) is 52.7 Å². The Labute approximate surface area is 456 Å². The number of fused-ring (bicyclic) bond motifs is 1. The third-order valence-corrected chi connectivity index (χ3v) is 12.6. The second-order valence-corrected chi connectivity index (χ2v) is 19.5. The van der Waals surface area contributed by atoms with E-state index >= 15 is 0 Å². The van der Waals surface area contributed by atoms with E-state index in [1.165, 1.54) is 6.92 Å². The molecule has 10 atom stereocenters. The van der Waals surface area contributed by atoms with Gasteiger partial charge < -0.3 is 91.1 Å². The lowest BCUT2D eigenvalue weighted by Gasteiger charge is -2.27. The lowest BCUT2D eigenvalue weighted by molar-refractivity contribution is -0.144. The van der Waals surface area contributed by atoms with Crippen LogP contribution in [0.25, 0.3) is 10.9 Å². The van der Waals surface area contributed by atoms with Crippen molar-refractivity contribution in [1.29, 1.82) is 0 Å².